The van der Waals surface area contributed by atoms with Gasteiger partial charge in [-0.15, -0.1) is 0 Å². The summed E-state index contributed by atoms with van der Waals surface area (Å²) >= 11 is 6.23. The minimum Gasteiger partial charge on any atom is -0.409 e. The summed E-state index contributed by atoms with van der Waals surface area (Å²) in [6.07, 6.45) is 6.36. The Morgan fingerprint density at radius 3 is 2.57 bits per heavy atom. The third-order valence-electron chi connectivity index (χ3n) is 4.68. The van der Waals surface area contributed by atoms with Gasteiger partial charge in [0.15, 0.2) is 5.84 Å². The molecule has 4 nitrogen and oxygen atoms in total. The first-order valence-electron chi connectivity index (χ1n) is 7.57. The van der Waals surface area contributed by atoms with E-state index in [0.717, 1.165) is 11.6 Å². The van der Waals surface area contributed by atoms with Crippen molar-refractivity contribution in [2.24, 2.45) is 16.8 Å². The summed E-state index contributed by atoms with van der Waals surface area (Å²) in [4.78, 5) is 2.30. The summed E-state index contributed by atoms with van der Waals surface area (Å²) < 4.78 is 0. The van der Waals surface area contributed by atoms with Crippen LogP contribution >= 0.6 is 11.6 Å². The summed E-state index contributed by atoms with van der Waals surface area (Å²) in [5, 5.41) is 12.2. The van der Waals surface area contributed by atoms with E-state index in [9.17, 15) is 0 Å². The summed E-state index contributed by atoms with van der Waals surface area (Å²) in [6, 6.07) is 6.24. The van der Waals surface area contributed by atoms with E-state index < -0.39 is 0 Å². The van der Waals surface area contributed by atoms with Gasteiger partial charge in [0.05, 0.1) is 5.02 Å². The first-order chi connectivity index (χ1) is 10.1. The van der Waals surface area contributed by atoms with Crippen molar-refractivity contribution in [2.75, 3.05) is 11.9 Å². The molecule has 5 heteroatoms. The standard InChI is InChI=1S/C16H24ClN3O/c1-3-11-4-6-12(7-5-11)20(2)13-8-9-14(15(17)10-13)16(18)19-21/h8-12,21H,3-7H2,1-2H3,(H2,18,19). The molecule has 0 atom stereocenters. The fourth-order valence-electron chi connectivity index (χ4n) is 3.14. The molecule has 0 bridgehead atoms. The number of nitrogens with zero attached hydrogens (tertiary/aromatic N) is 2. The van der Waals surface area contributed by atoms with Gasteiger partial charge < -0.3 is 15.8 Å². The summed E-state index contributed by atoms with van der Waals surface area (Å²) in [5.74, 6) is 0.929. The van der Waals surface area contributed by atoms with E-state index in [1.54, 1.807) is 6.07 Å². The fraction of sp³-hybridized carbons (Fsp3) is 0.562. The van der Waals surface area contributed by atoms with Crippen molar-refractivity contribution < 1.29 is 5.21 Å². The second-order valence-electron chi connectivity index (χ2n) is 5.84. The minimum absolute atomic E-state index is 0.0395. The number of nitrogens with two attached hydrogens (primary N) is 1. The zero-order chi connectivity index (χ0) is 15.4. The Kier molecular flexibility index (Phi) is 5.34. The number of benzene rings is 1. The maximum absolute atomic E-state index is 8.74. The molecule has 21 heavy (non-hydrogen) atoms. The highest BCUT2D eigenvalue weighted by Crippen LogP contribution is 2.32. The van der Waals surface area contributed by atoms with Crippen molar-refractivity contribution in [2.45, 2.75) is 45.1 Å². The molecule has 1 aliphatic carbocycles. The van der Waals surface area contributed by atoms with Gasteiger partial charge in [-0.3, -0.25) is 0 Å². The lowest BCUT2D eigenvalue weighted by atomic mass is 9.84. The van der Waals surface area contributed by atoms with Crippen LogP contribution in [0.25, 0.3) is 0 Å². The maximum Gasteiger partial charge on any atom is 0.171 e. The van der Waals surface area contributed by atoms with E-state index >= 15 is 0 Å². The number of hydrogen-bond donors (Lipinski definition) is 2. The number of halogens is 1. The number of rotatable bonds is 4. The lowest BCUT2D eigenvalue weighted by Gasteiger charge is -2.36. The van der Waals surface area contributed by atoms with Crippen molar-refractivity contribution >= 4 is 23.1 Å². The van der Waals surface area contributed by atoms with Gasteiger partial charge in [0.25, 0.3) is 0 Å². The molecule has 0 saturated heterocycles. The van der Waals surface area contributed by atoms with Crippen LogP contribution in [0.4, 0.5) is 5.69 Å². The van der Waals surface area contributed by atoms with Gasteiger partial charge in [0, 0.05) is 24.3 Å². The van der Waals surface area contributed by atoms with Crippen molar-refractivity contribution in [1.82, 2.24) is 0 Å². The second kappa shape index (κ2) is 7.03. The third kappa shape index (κ3) is 3.62. The van der Waals surface area contributed by atoms with Crippen LogP contribution in [-0.4, -0.2) is 24.1 Å². The minimum atomic E-state index is 0.0395. The number of anilines is 1. The Bertz CT molecular complexity index is 510. The largest absolute Gasteiger partial charge is 0.409 e. The van der Waals surface area contributed by atoms with E-state index in [1.807, 2.05) is 12.1 Å². The van der Waals surface area contributed by atoms with Crippen LogP contribution in [0.1, 0.15) is 44.6 Å². The van der Waals surface area contributed by atoms with Crippen molar-refractivity contribution in [1.29, 1.82) is 0 Å². The first-order valence-corrected chi connectivity index (χ1v) is 7.94. The Balaban J connectivity index is 2.10. The van der Waals surface area contributed by atoms with E-state index in [4.69, 9.17) is 22.5 Å². The SMILES string of the molecule is CCC1CCC(N(C)c2ccc(C(N)=NO)c(Cl)c2)CC1. The van der Waals surface area contributed by atoms with Gasteiger partial charge in [0.1, 0.15) is 0 Å². The molecule has 1 fully saturated rings. The van der Waals surface area contributed by atoms with Crippen LogP contribution in [0.15, 0.2) is 23.4 Å². The zero-order valence-corrected chi connectivity index (χ0v) is 13.5. The Hall–Kier alpha value is -1.42. The molecule has 1 aromatic rings. The Labute approximate surface area is 131 Å². The number of amidine groups is 1. The van der Waals surface area contributed by atoms with Gasteiger partial charge in [-0.2, -0.15) is 0 Å². The molecule has 0 spiro atoms. The quantitative estimate of drug-likeness (QED) is 0.384. The summed E-state index contributed by atoms with van der Waals surface area (Å²) in [7, 11) is 2.12. The molecule has 0 radical (unpaired) electrons. The zero-order valence-electron chi connectivity index (χ0n) is 12.7. The average Bonchev–Trinajstić information content (AvgIpc) is 2.53. The molecule has 0 heterocycles. The predicted octanol–water partition coefficient (Wildman–Crippen LogP) is 3.84. The normalized spacial score (nSPS) is 23.1. The average molecular weight is 310 g/mol. The molecule has 1 aromatic carbocycles. The Morgan fingerprint density at radius 2 is 2.05 bits per heavy atom. The lowest BCUT2D eigenvalue weighted by Crippen LogP contribution is -2.35. The highest BCUT2D eigenvalue weighted by atomic mass is 35.5. The fourth-order valence-corrected chi connectivity index (χ4v) is 3.41. The molecule has 0 aromatic heterocycles. The molecule has 0 amide bonds. The van der Waals surface area contributed by atoms with Crippen LogP contribution in [0, 0.1) is 5.92 Å². The van der Waals surface area contributed by atoms with Crippen molar-refractivity contribution in [3.05, 3.63) is 28.8 Å². The first kappa shape index (κ1) is 16.0. The lowest BCUT2D eigenvalue weighted by molar-refractivity contribution is 0.313. The van der Waals surface area contributed by atoms with Gasteiger partial charge in [-0.05, 0) is 49.8 Å². The Morgan fingerprint density at radius 1 is 1.38 bits per heavy atom. The van der Waals surface area contributed by atoms with Crippen LogP contribution in [-0.2, 0) is 0 Å². The topological polar surface area (TPSA) is 61.8 Å². The molecule has 1 aliphatic rings. The highest BCUT2D eigenvalue weighted by Gasteiger charge is 2.23. The predicted molar refractivity (Wildman–Crippen MR) is 88.4 cm³/mol. The summed E-state index contributed by atoms with van der Waals surface area (Å²) in [5.41, 5.74) is 7.24. The van der Waals surface area contributed by atoms with Crippen LogP contribution in [0.2, 0.25) is 5.02 Å². The van der Waals surface area contributed by atoms with Gasteiger partial charge in [-0.1, -0.05) is 30.1 Å². The van der Waals surface area contributed by atoms with Crippen molar-refractivity contribution in [3.8, 4) is 0 Å². The van der Waals surface area contributed by atoms with E-state index in [0.29, 0.717) is 16.6 Å². The molecule has 0 aliphatic heterocycles. The third-order valence-corrected chi connectivity index (χ3v) is 5.00. The van der Waals surface area contributed by atoms with Gasteiger partial charge in [0.2, 0.25) is 0 Å². The van der Waals surface area contributed by atoms with Crippen LogP contribution < -0.4 is 10.6 Å². The van der Waals surface area contributed by atoms with Gasteiger partial charge in [-0.25, -0.2) is 0 Å². The van der Waals surface area contributed by atoms with E-state index in [1.165, 1.54) is 32.1 Å². The van der Waals surface area contributed by atoms with Crippen LogP contribution in [0.5, 0.6) is 0 Å². The highest BCUT2D eigenvalue weighted by molar-refractivity contribution is 6.34. The molecule has 2 rings (SSSR count). The second-order valence-corrected chi connectivity index (χ2v) is 6.25. The van der Waals surface area contributed by atoms with Gasteiger partial charge >= 0.3 is 0 Å². The molecular formula is C16H24ClN3O. The number of oxime groups is 1. The number of hydrogen-bond acceptors (Lipinski definition) is 3. The molecule has 1 saturated carbocycles. The molecule has 3 N–H and O–H groups in total. The smallest absolute Gasteiger partial charge is 0.171 e. The van der Waals surface area contributed by atoms with E-state index in [2.05, 4.69) is 24.0 Å². The maximum atomic E-state index is 8.74. The monoisotopic (exact) mass is 309 g/mol. The molecule has 0 unspecified atom stereocenters. The van der Waals surface area contributed by atoms with Crippen molar-refractivity contribution in [3.63, 3.8) is 0 Å². The molecule has 116 valence electrons. The van der Waals surface area contributed by atoms with Crippen LogP contribution in [0.3, 0.4) is 0 Å². The van der Waals surface area contributed by atoms with E-state index in [-0.39, 0.29) is 5.84 Å². The molecular weight excluding hydrogens is 286 g/mol. The summed E-state index contributed by atoms with van der Waals surface area (Å²) in [6.45, 7) is 2.28.